The number of benzene rings is 1. The molecule has 1 amide bonds. The van der Waals surface area contributed by atoms with E-state index >= 15 is 0 Å². The molecule has 4 rings (SSSR count). The second-order valence-corrected chi connectivity index (χ2v) is 7.89. The molecule has 0 spiro atoms. The van der Waals surface area contributed by atoms with E-state index < -0.39 is 0 Å². The van der Waals surface area contributed by atoms with E-state index in [-0.39, 0.29) is 5.91 Å². The van der Waals surface area contributed by atoms with Crippen molar-refractivity contribution in [2.75, 3.05) is 23.3 Å². The maximum atomic E-state index is 12.4. The van der Waals surface area contributed by atoms with Crippen LogP contribution in [-0.2, 0) is 11.2 Å². The van der Waals surface area contributed by atoms with E-state index in [1.165, 1.54) is 24.9 Å². The Bertz CT molecular complexity index is 919. The maximum absolute atomic E-state index is 12.4. The van der Waals surface area contributed by atoms with Gasteiger partial charge in [0.1, 0.15) is 5.01 Å². The monoisotopic (exact) mass is 392 g/mol. The number of aryl methyl sites for hydroxylation is 1. The number of carbonyl (C=O) groups excluding carboxylic acids is 1. The van der Waals surface area contributed by atoms with Crippen molar-refractivity contribution in [1.82, 2.24) is 9.97 Å². The fourth-order valence-corrected chi connectivity index (χ4v) is 4.29. The molecule has 3 heterocycles. The van der Waals surface area contributed by atoms with Crippen LogP contribution < -0.4 is 10.2 Å². The van der Waals surface area contributed by atoms with E-state index in [4.69, 9.17) is 0 Å². The first-order valence-electron chi connectivity index (χ1n) is 9.77. The van der Waals surface area contributed by atoms with Gasteiger partial charge >= 0.3 is 0 Å². The van der Waals surface area contributed by atoms with Gasteiger partial charge in [0.05, 0.1) is 5.69 Å². The molecule has 5 nitrogen and oxygen atoms in total. The average molecular weight is 393 g/mol. The molecular weight excluding hydrogens is 368 g/mol. The van der Waals surface area contributed by atoms with Gasteiger partial charge in [-0.1, -0.05) is 6.07 Å². The Balaban J connectivity index is 1.32. The van der Waals surface area contributed by atoms with Gasteiger partial charge in [-0.2, -0.15) is 0 Å². The van der Waals surface area contributed by atoms with Crippen LogP contribution in [0, 0.1) is 0 Å². The standard InChI is InChI=1S/C22H24N4OS/c27-21(10-9-19-16-28-22(25-19)17-6-5-11-23-15-17)24-18-7-4-8-20(14-18)26-12-2-1-3-13-26/h4-8,11,14-16H,1-3,9-10,12-13H2,(H,24,27). The van der Waals surface area contributed by atoms with Gasteiger partial charge in [-0.25, -0.2) is 4.98 Å². The van der Waals surface area contributed by atoms with E-state index in [0.717, 1.165) is 35.0 Å². The molecule has 1 saturated heterocycles. The Labute approximate surface area is 169 Å². The summed E-state index contributed by atoms with van der Waals surface area (Å²) in [7, 11) is 0. The summed E-state index contributed by atoms with van der Waals surface area (Å²) < 4.78 is 0. The predicted octanol–water partition coefficient (Wildman–Crippen LogP) is 4.77. The van der Waals surface area contributed by atoms with Crippen molar-refractivity contribution >= 4 is 28.6 Å². The number of pyridine rings is 1. The number of hydrogen-bond acceptors (Lipinski definition) is 5. The molecule has 0 atom stereocenters. The molecule has 3 aromatic rings. The molecule has 1 aliphatic rings. The minimum atomic E-state index is 0.0201. The van der Waals surface area contributed by atoms with Crippen LogP contribution in [0.5, 0.6) is 0 Å². The Morgan fingerprint density at radius 3 is 2.86 bits per heavy atom. The van der Waals surface area contributed by atoms with Gasteiger partial charge in [-0.3, -0.25) is 9.78 Å². The summed E-state index contributed by atoms with van der Waals surface area (Å²) in [5.74, 6) is 0.0201. The first kappa shape index (κ1) is 18.6. The van der Waals surface area contributed by atoms with Crippen LogP contribution in [-0.4, -0.2) is 29.0 Å². The van der Waals surface area contributed by atoms with Gasteiger partial charge in [-0.05, 0) is 56.0 Å². The highest BCUT2D eigenvalue weighted by atomic mass is 32.1. The fraction of sp³-hybridized carbons (Fsp3) is 0.318. The zero-order chi connectivity index (χ0) is 19.2. The Morgan fingerprint density at radius 1 is 1.14 bits per heavy atom. The van der Waals surface area contributed by atoms with E-state index in [0.29, 0.717) is 12.8 Å². The quantitative estimate of drug-likeness (QED) is 0.657. The largest absolute Gasteiger partial charge is 0.371 e. The highest BCUT2D eigenvalue weighted by Gasteiger charge is 2.12. The number of nitrogens with zero attached hydrogens (tertiary/aromatic N) is 3. The third-order valence-corrected chi connectivity index (χ3v) is 5.86. The molecule has 1 aliphatic heterocycles. The van der Waals surface area contributed by atoms with Crippen molar-refractivity contribution < 1.29 is 4.79 Å². The summed E-state index contributed by atoms with van der Waals surface area (Å²) in [6, 6.07) is 12.1. The minimum Gasteiger partial charge on any atom is -0.371 e. The summed E-state index contributed by atoms with van der Waals surface area (Å²) in [5.41, 5.74) is 4.01. The number of thiazole rings is 1. The second-order valence-electron chi connectivity index (χ2n) is 7.03. The number of rotatable bonds is 6. The second kappa shape index (κ2) is 8.97. The van der Waals surface area contributed by atoms with Gasteiger partial charge in [0.2, 0.25) is 5.91 Å². The number of piperidine rings is 1. The van der Waals surface area contributed by atoms with E-state index in [1.807, 2.05) is 35.8 Å². The minimum absolute atomic E-state index is 0.0201. The van der Waals surface area contributed by atoms with Gasteiger partial charge in [-0.15, -0.1) is 11.3 Å². The average Bonchev–Trinajstić information content (AvgIpc) is 3.23. The third kappa shape index (κ3) is 4.75. The number of carbonyl (C=O) groups is 1. The van der Waals surface area contributed by atoms with Crippen molar-refractivity contribution in [3.63, 3.8) is 0 Å². The lowest BCUT2D eigenvalue weighted by Crippen LogP contribution is -2.29. The normalized spacial score (nSPS) is 14.1. The Kier molecular flexibility index (Phi) is 5.97. The van der Waals surface area contributed by atoms with E-state index in [1.54, 1.807) is 17.5 Å². The Morgan fingerprint density at radius 2 is 2.04 bits per heavy atom. The fourth-order valence-electron chi connectivity index (χ4n) is 3.44. The SMILES string of the molecule is O=C(CCc1csc(-c2cccnc2)n1)Nc1cccc(N2CCCCC2)c1. The van der Waals surface area contributed by atoms with Gasteiger partial charge in [0.25, 0.3) is 0 Å². The summed E-state index contributed by atoms with van der Waals surface area (Å²) in [4.78, 5) is 23.5. The molecule has 28 heavy (non-hydrogen) atoms. The Hall–Kier alpha value is -2.73. The third-order valence-electron chi connectivity index (χ3n) is 4.92. The van der Waals surface area contributed by atoms with Crippen LogP contribution in [0.25, 0.3) is 10.6 Å². The summed E-state index contributed by atoms with van der Waals surface area (Å²) in [5, 5.41) is 5.99. The lowest BCUT2D eigenvalue weighted by Gasteiger charge is -2.29. The van der Waals surface area contributed by atoms with Crippen LogP contribution >= 0.6 is 11.3 Å². The maximum Gasteiger partial charge on any atom is 0.224 e. The number of aromatic nitrogens is 2. The molecule has 1 aromatic carbocycles. The summed E-state index contributed by atoms with van der Waals surface area (Å²) in [6.45, 7) is 2.20. The number of hydrogen-bond donors (Lipinski definition) is 1. The van der Waals surface area contributed by atoms with E-state index in [2.05, 4.69) is 32.3 Å². The van der Waals surface area contributed by atoms with Gasteiger partial charge < -0.3 is 10.2 Å². The number of nitrogens with one attached hydrogen (secondary N) is 1. The van der Waals surface area contributed by atoms with Crippen LogP contribution in [0.15, 0.2) is 54.2 Å². The first-order valence-corrected chi connectivity index (χ1v) is 10.7. The summed E-state index contributed by atoms with van der Waals surface area (Å²) in [6.07, 6.45) is 8.41. The highest BCUT2D eigenvalue weighted by Crippen LogP contribution is 2.24. The van der Waals surface area contributed by atoms with Crippen molar-refractivity contribution in [2.24, 2.45) is 0 Å². The van der Waals surface area contributed by atoms with Crippen LogP contribution in [0.4, 0.5) is 11.4 Å². The number of amides is 1. The predicted molar refractivity (Wildman–Crippen MR) is 115 cm³/mol. The van der Waals surface area contributed by atoms with Crippen molar-refractivity contribution in [3.8, 4) is 10.6 Å². The van der Waals surface area contributed by atoms with Gasteiger partial charge in [0.15, 0.2) is 0 Å². The molecule has 0 bridgehead atoms. The molecule has 2 aromatic heterocycles. The van der Waals surface area contributed by atoms with Crippen molar-refractivity contribution in [2.45, 2.75) is 32.1 Å². The molecule has 0 unspecified atom stereocenters. The number of anilines is 2. The lowest BCUT2D eigenvalue weighted by molar-refractivity contribution is -0.116. The van der Waals surface area contributed by atoms with E-state index in [9.17, 15) is 4.79 Å². The van der Waals surface area contributed by atoms with Gasteiger partial charge in [0, 0.05) is 54.2 Å². The zero-order valence-corrected chi connectivity index (χ0v) is 16.6. The molecule has 1 N–H and O–H groups in total. The topological polar surface area (TPSA) is 58.1 Å². The van der Waals surface area contributed by atoms with Crippen LogP contribution in [0.2, 0.25) is 0 Å². The highest BCUT2D eigenvalue weighted by molar-refractivity contribution is 7.13. The smallest absolute Gasteiger partial charge is 0.224 e. The molecule has 6 heteroatoms. The first-order chi connectivity index (χ1) is 13.8. The van der Waals surface area contributed by atoms with Crippen LogP contribution in [0.1, 0.15) is 31.4 Å². The molecule has 0 saturated carbocycles. The molecular formula is C22H24N4OS. The van der Waals surface area contributed by atoms with Crippen molar-refractivity contribution in [3.05, 3.63) is 59.9 Å². The van der Waals surface area contributed by atoms with Crippen molar-refractivity contribution in [1.29, 1.82) is 0 Å². The molecule has 0 radical (unpaired) electrons. The summed E-state index contributed by atoms with van der Waals surface area (Å²) >= 11 is 1.59. The zero-order valence-electron chi connectivity index (χ0n) is 15.8. The lowest BCUT2D eigenvalue weighted by atomic mass is 10.1. The molecule has 144 valence electrons. The molecule has 1 fully saturated rings. The molecule has 0 aliphatic carbocycles. The van der Waals surface area contributed by atoms with Crippen LogP contribution in [0.3, 0.4) is 0 Å².